The lowest BCUT2D eigenvalue weighted by Crippen LogP contribution is -2.45. The number of methoxy groups -OCH3 is 1. The number of carbonyl (C=O) groups excluding carboxylic acids is 1. The first kappa shape index (κ1) is 19.8. The molecule has 1 atom stereocenters. The van der Waals surface area contributed by atoms with Gasteiger partial charge < -0.3 is 19.5 Å². The highest BCUT2D eigenvalue weighted by atomic mass is 32.2. The average molecular weight is 406 g/mol. The van der Waals surface area contributed by atoms with E-state index in [1.165, 1.54) is 7.11 Å². The lowest BCUT2D eigenvalue weighted by molar-refractivity contribution is -0.120. The van der Waals surface area contributed by atoms with Gasteiger partial charge >= 0.3 is 0 Å². The van der Waals surface area contributed by atoms with Crippen molar-refractivity contribution in [1.82, 2.24) is 5.32 Å². The SMILES string of the molecule is COc1cccc(N(CC(=O)NCC2COc3ccccc3O2)S(C)(=O)=O)c1. The van der Waals surface area contributed by atoms with Crippen LogP contribution in [-0.2, 0) is 14.8 Å². The fourth-order valence-electron chi connectivity index (χ4n) is 2.74. The van der Waals surface area contributed by atoms with E-state index in [2.05, 4.69) is 5.32 Å². The van der Waals surface area contributed by atoms with Gasteiger partial charge in [0, 0.05) is 6.07 Å². The maximum Gasteiger partial charge on any atom is 0.240 e. The number of carbonyl (C=O) groups is 1. The third kappa shape index (κ3) is 4.86. The number of fused-ring (bicyclic) bond motifs is 1. The first-order valence-corrected chi connectivity index (χ1v) is 10.5. The molecule has 3 rings (SSSR count). The summed E-state index contributed by atoms with van der Waals surface area (Å²) in [6.45, 7) is 0.141. The first-order valence-electron chi connectivity index (χ1n) is 8.64. The molecule has 1 unspecified atom stereocenters. The molecule has 0 bridgehead atoms. The van der Waals surface area contributed by atoms with Gasteiger partial charge in [0.1, 0.15) is 25.0 Å². The van der Waals surface area contributed by atoms with Gasteiger partial charge in [0.15, 0.2) is 11.5 Å². The van der Waals surface area contributed by atoms with Crippen LogP contribution in [0.2, 0.25) is 0 Å². The third-order valence-electron chi connectivity index (χ3n) is 4.12. The molecule has 2 aromatic carbocycles. The Morgan fingerprint density at radius 1 is 1.21 bits per heavy atom. The summed E-state index contributed by atoms with van der Waals surface area (Å²) in [6, 6.07) is 13.8. The molecule has 150 valence electrons. The number of rotatable bonds is 7. The minimum Gasteiger partial charge on any atom is -0.497 e. The molecule has 0 aliphatic carbocycles. The first-order chi connectivity index (χ1) is 13.4. The number of hydrogen-bond donors (Lipinski definition) is 1. The fraction of sp³-hybridized carbons (Fsp3) is 0.316. The average Bonchev–Trinajstić information content (AvgIpc) is 2.69. The molecule has 1 amide bonds. The van der Waals surface area contributed by atoms with Crippen molar-refractivity contribution in [3.63, 3.8) is 0 Å². The van der Waals surface area contributed by atoms with E-state index in [1.807, 2.05) is 18.2 Å². The Morgan fingerprint density at radius 3 is 2.68 bits per heavy atom. The zero-order valence-electron chi connectivity index (χ0n) is 15.6. The molecule has 1 N–H and O–H groups in total. The molecule has 2 aromatic rings. The van der Waals surface area contributed by atoms with Crippen LogP contribution in [0.25, 0.3) is 0 Å². The highest BCUT2D eigenvalue weighted by molar-refractivity contribution is 7.92. The Kier molecular flexibility index (Phi) is 5.93. The molecule has 9 heteroatoms. The summed E-state index contributed by atoms with van der Waals surface area (Å²) < 4.78 is 41.9. The van der Waals surface area contributed by atoms with Crippen LogP contribution < -0.4 is 23.8 Å². The van der Waals surface area contributed by atoms with Crippen molar-refractivity contribution < 1.29 is 27.4 Å². The van der Waals surface area contributed by atoms with E-state index in [4.69, 9.17) is 14.2 Å². The summed E-state index contributed by atoms with van der Waals surface area (Å²) in [4.78, 5) is 12.4. The molecule has 28 heavy (non-hydrogen) atoms. The minimum atomic E-state index is -3.66. The van der Waals surface area contributed by atoms with E-state index in [9.17, 15) is 13.2 Å². The summed E-state index contributed by atoms with van der Waals surface area (Å²) in [5.74, 6) is 1.32. The summed E-state index contributed by atoms with van der Waals surface area (Å²) >= 11 is 0. The van der Waals surface area contributed by atoms with Crippen molar-refractivity contribution in [2.75, 3.05) is 37.4 Å². The highest BCUT2D eigenvalue weighted by Crippen LogP contribution is 2.30. The van der Waals surface area contributed by atoms with Gasteiger partial charge in [-0.2, -0.15) is 0 Å². The number of sulfonamides is 1. The van der Waals surface area contributed by atoms with E-state index in [0.29, 0.717) is 29.5 Å². The molecular weight excluding hydrogens is 384 g/mol. The van der Waals surface area contributed by atoms with E-state index in [0.717, 1.165) is 10.6 Å². The second-order valence-electron chi connectivity index (χ2n) is 6.27. The zero-order chi connectivity index (χ0) is 20.1. The Balaban J connectivity index is 1.62. The maximum atomic E-state index is 12.4. The van der Waals surface area contributed by atoms with Crippen LogP contribution in [0, 0.1) is 0 Å². The summed E-state index contributed by atoms with van der Waals surface area (Å²) in [5, 5.41) is 2.70. The van der Waals surface area contributed by atoms with Crippen molar-refractivity contribution in [2.24, 2.45) is 0 Å². The number of hydrogen-bond acceptors (Lipinski definition) is 6. The Bertz CT molecular complexity index is 947. The molecule has 8 nitrogen and oxygen atoms in total. The number of nitrogens with one attached hydrogen (secondary N) is 1. The zero-order valence-corrected chi connectivity index (χ0v) is 16.4. The lowest BCUT2D eigenvalue weighted by Gasteiger charge is -2.27. The molecule has 0 aromatic heterocycles. The van der Waals surface area contributed by atoms with Gasteiger partial charge in [-0.25, -0.2) is 8.42 Å². The number of nitrogens with zero attached hydrogens (tertiary/aromatic N) is 1. The van der Waals surface area contributed by atoms with Crippen LogP contribution in [0.1, 0.15) is 0 Å². The van der Waals surface area contributed by atoms with Crippen molar-refractivity contribution in [1.29, 1.82) is 0 Å². The molecule has 0 spiro atoms. The second-order valence-corrected chi connectivity index (χ2v) is 8.18. The van der Waals surface area contributed by atoms with Gasteiger partial charge in [-0.05, 0) is 24.3 Å². The standard InChI is InChI=1S/C19H22N2O6S/c1-25-15-7-5-6-14(10-15)21(28(2,23)24)12-19(22)20-11-16-13-26-17-8-3-4-9-18(17)27-16/h3-10,16H,11-13H2,1-2H3,(H,20,22). The molecule has 0 saturated carbocycles. The van der Waals surface area contributed by atoms with Crippen LogP contribution >= 0.6 is 0 Å². The quantitative estimate of drug-likeness (QED) is 0.747. The van der Waals surface area contributed by atoms with Crippen molar-refractivity contribution in [3.05, 3.63) is 48.5 Å². The minimum absolute atomic E-state index is 0.197. The van der Waals surface area contributed by atoms with Gasteiger partial charge in [0.2, 0.25) is 15.9 Å². The van der Waals surface area contributed by atoms with E-state index < -0.39 is 15.9 Å². The Morgan fingerprint density at radius 2 is 1.96 bits per heavy atom. The lowest BCUT2D eigenvalue weighted by atomic mass is 10.2. The molecule has 0 saturated heterocycles. The predicted octanol–water partition coefficient (Wildman–Crippen LogP) is 1.42. The maximum absolute atomic E-state index is 12.4. The molecule has 1 aliphatic rings. The number of benzene rings is 2. The molecule has 1 aliphatic heterocycles. The van der Waals surface area contributed by atoms with Crippen LogP contribution in [0.3, 0.4) is 0 Å². The van der Waals surface area contributed by atoms with Gasteiger partial charge in [0.05, 0.1) is 25.6 Å². The van der Waals surface area contributed by atoms with E-state index in [1.54, 1.807) is 30.3 Å². The number of para-hydroxylation sites is 2. The summed E-state index contributed by atoms with van der Waals surface area (Å²) in [6.07, 6.45) is 0.691. The van der Waals surface area contributed by atoms with Crippen molar-refractivity contribution in [3.8, 4) is 17.2 Å². The largest absolute Gasteiger partial charge is 0.497 e. The van der Waals surface area contributed by atoms with Gasteiger partial charge in [-0.1, -0.05) is 18.2 Å². The van der Waals surface area contributed by atoms with Crippen LogP contribution in [-0.4, -0.2) is 53.5 Å². The Labute approximate surface area is 164 Å². The van der Waals surface area contributed by atoms with E-state index >= 15 is 0 Å². The number of ether oxygens (including phenoxy) is 3. The van der Waals surface area contributed by atoms with Crippen LogP contribution in [0.4, 0.5) is 5.69 Å². The van der Waals surface area contributed by atoms with Crippen LogP contribution in [0.5, 0.6) is 17.2 Å². The van der Waals surface area contributed by atoms with Gasteiger partial charge in [-0.3, -0.25) is 9.10 Å². The molecule has 1 heterocycles. The van der Waals surface area contributed by atoms with Crippen molar-refractivity contribution in [2.45, 2.75) is 6.10 Å². The predicted molar refractivity (Wildman–Crippen MR) is 105 cm³/mol. The smallest absolute Gasteiger partial charge is 0.240 e. The Hall–Kier alpha value is -2.94. The monoisotopic (exact) mass is 406 g/mol. The fourth-order valence-corrected chi connectivity index (χ4v) is 3.59. The highest BCUT2D eigenvalue weighted by Gasteiger charge is 2.24. The van der Waals surface area contributed by atoms with Crippen molar-refractivity contribution >= 4 is 21.6 Å². The summed E-state index contributed by atoms with van der Waals surface area (Å²) in [5.41, 5.74) is 0.350. The molecule has 0 fully saturated rings. The number of anilines is 1. The third-order valence-corrected chi connectivity index (χ3v) is 5.26. The van der Waals surface area contributed by atoms with Crippen LogP contribution in [0.15, 0.2) is 48.5 Å². The second kappa shape index (κ2) is 8.39. The molecule has 0 radical (unpaired) electrons. The normalized spacial score (nSPS) is 15.6. The molecular formula is C19H22N2O6S. The van der Waals surface area contributed by atoms with E-state index in [-0.39, 0.29) is 19.2 Å². The number of amides is 1. The van der Waals surface area contributed by atoms with Gasteiger partial charge in [0.25, 0.3) is 0 Å². The topological polar surface area (TPSA) is 94.2 Å². The summed E-state index contributed by atoms with van der Waals surface area (Å²) in [7, 11) is -2.17. The van der Waals surface area contributed by atoms with Gasteiger partial charge in [-0.15, -0.1) is 0 Å².